The average Bonchev–Trinajstić information content (AvgIpc) is 2.43. The summed E-state index contributed by atoms with van der Waals surface area (Å²) in [7, 11) is 0. The van der Waals surface area contributed by atoms with E-state index in [0.717, 1.165) is 24.2 Å². The summed E-state index contributed by atoms with van der Waals surface area (Å²) in [6.07, 6.45) is 3.33. The van der Waals surface area contributed by atoms with Gasteiger partial charge in [-0.3, -0.25) is 0 Å². The number of aromatic nitrogens is 2. The van der Waals surface area contributed by atoms with Gasteiger partial charge in [-0.15, -0.1) is 0 Å². The summed E-state index contributed by atoms with van der Waals surface area (Å²) in [5.74, 6) is 0.725. The van der Waals surface area contributed by atoms with Gasteiger partial charge in [0.05, 0.1) is 6.20 Å². The highest BCUT2D eigenvalue weighted by molar-refractivity contribution is 5.38. The third-order valence-corrected chi connectivity index (χ3v) is 2.01. The molecule has 0 atom stereocenters. The van der Waals surface area contributed by atoms with E-state index in [-0.39, 0.29) is 6.61 Å². The minimum atomic E-state index is 0.201. The number of aliphatic hydroxyl groups excluding tert-OH is 1. The third kappa shape index (κ3) is 2.21. The molecular formula is C9H17N3O. The summed E-state index contributed by atoms with van der Waals surface area (Å²) in [4.78, 5) is 0. The number of nitrogen functional groups attached to an aromatic ring is 1. The normalized spacial score (nSPS) is 11.1. The number of nitrogens with two attached hydrogens (primary N) is 1. The van der Waals surface area contributed by atoms with Crippen LogP contribution in [0.15, 0.2) is 6.20 Å². The van der Waals surface area contributed by atoms with Crippen LogP contribution in [0.1, 0.15) is 31.9 Å². The molecule has 3 N–H and O–H groups in total. The van der Waals surface area contributed by atoms with Crippen LogP contribution >= 0.6 is 0 Å². The molecule has 0 bridgehead atoms. The van der Waals surface area contributed by atoms with Gasteiger partial charge in [-0.2, -0.15) is 5.10 Å². The molecular weight excluding hydrogens is 166 g/mol. The molecule has 0 aliphatic carbocycles. The van der Waals surface area contributed by atoms with Crippen LogP contribution in [0.5, 0.6) is 0 Å². The van der Waals surface area contributed by atoms with Crippen LogP contribution in [0, 0.1) is 0 Å². The Hall–Kier alpha value is -1.03. The molecule has 4 nitrogen and oxygen atoms in total. The second kappa shape index (κ2) is 4.28. The van der Waals surface area contributed by atoms with E-state index in [1.807, 2.05) is 13.8 Å². The molecule has 1 rings (SSSR count). The second-order valence-electron chi connectivity index (χ2n) is 3.42. The van der Waals surface area contributed by atoms with Crippen molar-refractivity contribution in [2.24, 2.45) is 0 Å². The lowest BCUT2D eigenvalue weighted by Crippen LogP contribution is -2.07. The van der Waals surface area contributed by atoms with Crippen molar-refractivity contribution >= 4 is 5.82 Å². The smallest absolute Gasteiger partial charge is 0.125 e. The maximum absolute atomic E-state index is 8.67. The monoisotopic (exact) mass is 183 g/mol. The zero-order chi connectivity index (χ0) is 9.84. The summed E-state index contributed by atoms with van der Waals surface area (Å²) in [6, 6.07) is 0.294. The topological polar surface area (TPSA) is 64.1 Å². The predicted molar refractivity (Wildman–Crippen MR) is 52.4 cm³/mol. The van der Waals surface area contributed by atoms with Crippen molar-refractivity contribution in [1.29, 1.82) is 0 Å². The van der Waals surface area contributed by atoms with Gasteiger partial charge in [-0.1, -0.05) is 0 Å². The molecule has 0 aromatic carbocycles. The SMILES string of the molecule is CC(C)n1ncc(CCCO)c1N. The van der Waals surface area contributed by atoms with Crippen LogP contribution in [0.4, 0.5) is 5.82 Å². The molecule has 0 amide bonds. The van der Waals surface area contributed by atoms with Crippen LogP contribution in [0.3, 0.4) is 0 Å². The van der Waals surface area contributed by atoms with Gasteiger partial charge in [0.15, 0.2) is 0 Å². The molecule has 0 aliphatic rings. The first-order valence-electron chi connectivity index (χ1n) is 4.59. The van der Waals surface area contributed by atoms with E-state index in [4.69, 9.17) is 10.8 Å². The van der Waals surface area contributed by atoms with Gasteiger partial charge in [-0.05, 0) is 26.7 Å². The highest BCUT2D eigenvalue weighted by Crippen LogP contribution is 2.16. The Morgan fingerprint density at radius 2 is 2.31 bits per heavy atom. The molecule has 0 unspecified atom stereocenters. The maximum Gasteiger partial charge on any atom is 0.125 e. The largest absolute Gasteiger partial charge is 0.396 e. The molecule has 0 saturated carbocycles. The van der Waals surface area contributed by atoms with Crippen molar-refractivity contribution in [3.8, 4) is 0 Å². The van der Waals surface area contributed by atoms with Gasteiger partial charge >= 0.3 is 0 Å². The van der Waals surface area contributed by atoms with E-state index in [2.05, 4.69) is 5.10 Å². The Bertz CT molecular complexity index is 268. The first-order chi connectivity index (χ1) is 6.16. The highest BCUT2D eigenvalue weighted by Gasteiger charge is 2.08. The molecule has 74 valence electrons. The first-order valence-corrected chi connectivity index (χ1v) is 4.59. The van der Waals surface area contributed by atoms with E-state index in [1.165, 1.54) is 0 Å². The molecule has 0 fully saturated rings. The zero-order valence-electron chi connectivity index (χ0n) is 8.20. The van der Waals surface area contributed by atoms with Crippen molar-refractivity contribution in [1.82, 2.24) is 9.78 Å². The minimum Gasteiger partial charge on any atom is -0.396 e. The van der Waals surface area contributed by atoms with E-state index in [9.17, 15) is 0 Å². The Morgan fingerprint density at radius 3 is 2.77 bits per heavy atom. The summed E-state index contributed by atoms with van der Waals surface area (Å²) >= 11 is 0. The molecule has 13 heavy (non-hydrogen) atoms. The molecule has 0 radical (unpaired) electrons. The van der Waals surface area contributed by atoms with Crippen molar-refractivity contribution in [3.05, 3.63) is 11.8 Å². The maximum atomic E-state index is 8.67. The number of aliphatic hydroxyl groups is 1. The lowest BCUT2D eigenvalue weighted by Gasteiger charge is -2.07. The van der Waals surface area contributed by atoms with Gasteiger partial charge in [0.2, 0.25) is 0 Å². The van der Waals surface area contributed by atoms with Crippen molar-refractivity contribution in [2.75, 3.05) is 12.3 Å². The van der Waals surface area contributed by atoms with Gasteiger partial charge in [-0.25, -0.2) is 4.68 Å². The second-order valence-corrected chi connectivity index (χ2v) is 3.42. The van der Waals surface area contributed by atoms with Crippen LogP contribution in [0.25, 0.3) is 0 Å². The van der Waals surface area contributed by atoms with Crippen LogP contribution in [0.2, 0.25) is 0 Å². The zero-order valence-corrected chi connectivity index (χ0v) is 8.20. The van der Waals surface area contributed by atoms with Crippen LogP contribution in [-0.2, 0) is 6.42 Å². The number of hydrogen-bond donors (Lipinski definition) is 2. The number of rotatable bonds is 4. The molecule has 0 aliphatic heterocycles. The van der Waals surface area contributed by atoms with Gasteiger partial charge in [0.25, 0.3) is 0 Å². The summed E-state index contributed by atoms with van der Waals surface area (Å²) in [5, 5.41) is 12.8. The Kier molecular flexibility index (Phi) is 3.31. The fraction of sp³-hybridized carbons (Fsp3) is 0.667. The minimum absolute atomic E-state index is 0.201. The summed E-state index contributed by atoms with van der Waals surface area (Å²) < 4.78 is 1.80. The fourth-order valence-electron chi connectivity index (χ4n) is 1.28. The predicted octanol–water partition coefficient (Wildman–Crippen LogP) is 0.971. The summed E-state index contributed by atoms with van der Waals surface area (Å²) in [5.41, 5.74) is 6.89. The highest BCUT2D eigenvalue weighted by atomic mass is 16.2. The van der Waals surface area contributed by atoms with Crippen LogP contribution in [-0.4, -0.2) is 21.5 Å². The Labute approximate surface area is 78.4 Å². The van der Waals surface area contributed by atoms with E-state index in [1.54, 1.807) is 10.9 Å². The molecule has 4 heteroatoms. The number of aryl methyl sites for hydroxylation is 1. The van der Waals surface area contributed by atoms with E-state index in [0.29, 0.717) is 6.04 Å². The Morgan fingerprint density at radius 1 is 1.62 bits per heavy atom. The van der Waals surface area contributed by atoms with Crippen molar-refractivity contribution in [3.63, 3.8) is 0 Å². The lowest BCUT2D eigenvalue weighted by molar-refractivity contribution is 0.288. The molecule has 0 spiro atoms. The lowest BCUT2D eigenvalue weighted by atomic mass is 10.2. The van der Waals surface area contributed by atoms with Gasteiger partial charge in [0, 0.05) is 18.2 Å². The number of hydrogen-bond acceptors (Lipinski definition) is 3. The van der Waals surface area contributed by atoms with Crippen molar-refractivity contribution < 1.29 is 5.11 Å². The van der Waals surface area contributed by atoms with E-state index < -0.39 is 0 Å². The molecule has 1 aromatic rings. The number of nitrogens with zero attached hydrogens (tertiary/aromatic N) is 2. The molecule has 0 saturated heterocycles. The number of anilines is 1. The van der Waals surface area contributed by atoms with Gasteiger partial charge < -0.3 is 10.8 Å². The van der Waals surface area contributed by atoms with Crippen LogP contribution < -0.4 is 5.73 Å². The molecule has 1 aromatic heterocycles. The average molecular weight is 183 g/mol. The van der Waals surface area contributed by atoms with Crippen molar-refractivity contribution in [2.45, 2.75) is 32.7 Å². The fourth-order valence-corrected chi connectivity index (χ4v) is 1.28. The quantitative estimate of drug-likeness (QED) is 0.731. The summed E-state index contributed by atoms with van der Waals surface area (Å²) in [6.45, 7) is 4.28. The third-order valence-electron chi connectivity index (χ3n) is 2.01. The standard InChI is InChI=1S/C9H17N3O/c1-7(2)12-9(10)8(6-11-12)4-3-5-13/h6-7,13H,3-5,10H2,1-2H3. The van der Waals surface area contributed by atoms with Gasteiger partial charge in [0.1, 0.15) is 5.82 Å². The van der Waals surface area contributed by atoms with E-state index >= 15 is 0 Å². The Balaban J connectivity index is 2.74. The first kappa shape index (κ1) is 10.1. The molecule has 1 heterocycles.